The Hall–Kier alpha value is -1.23. The van der Waals surface area contributed by atoms with Gasteiger partial charge < -0.3 is 4.42 Å². The maximum Gasteiger partial charge on any atom is 0.170 e. The molecular weight excluding hydrogens is 107 g/mol. The molecule has 0 bridgehead atoms. The van der Waals surface area contributed by atoms with E-state index in [1.165, 1.54) is 18.5 Å². The van der Waals surface area contributed by atoms with Gasteiger partial charge in [-0.1, -0.05) is 0 Å². The Morgan fingerprint density at radius 3 is 3.12 bits per heavy atom. The summed E-state index contributed by atoms with van der Waals surface area (Å²) in [5.74, 6) is 2.15. The van der Waals surface area contributed by atoms with Gasteiger partial charge in [0.15, 0.2) is 6.26 Å². The van der Waals surface area contributed by atoms with E-state index in [1.54, 1.807) is 0 Å². The molecule has 1 nitrogen and oxygen atoms in total. The van der Waals surface area contributed by atoms with Crippen LogP contribution in [0.4, 0.5) is 4.39 Å². The van der Waals surface area contributed by atoms with Gasteiger partial charge in [0, 0.05) is 6.07 Å². The average Bonchev–Trinajstić information content (AvgIpc) is 2.19. The minimum atomic E-state index is 0.507. The Balaban J connectivity index is 2.88. The summed E-state index contributed by atoms with van der Waals surface area (Å²) in [7, 11) is 0. The fraction of sp³-hybridized carbons (Fsp3) is 0. The first-order valence-corrected chi connectivity index (χ1v) is 1.99. The molecule has 0 spiro atoms. The molecule has 0 saturated carbocycles. The van der Waals surface area contributed by atoms with Crippen LogP contribution in [-0.4, -0.2) is 0 Å². The van der Waals surface area contributed by atoms with Crippen molar-refractivity contribution in [1.82, 2.24) is 0 Å². The van der Waals surface area contributed by atoms with Crippen LogP contribution in [-0.2, 0) is 0 Å². The monoisotopic (exact) mass is 109 g/mol. The van der Waals surface area contributed by atoms with Crippen molar-refractivity contribution in [2.75, 3.05) is 0 Å². The molecule has 0 unspecified atom stereocenters. The van der Waals surface area contributed by atoms with E-state index in [-0.39, 0.29) is 0 Å². The molecule has 2 heteroatoms. The lowest BCUT2D eigenvalue weighted by Gasteiger charge is -1.65. The van der Waals surface area contributed by atoms with Crippen molar-refractivity contribution in [2.24, 2.45) is 0 Å². The summed E-state index contributed by atoms with van der Waals surface area (Å²) in [6.07, 6.45) is 4.94. The van der Waals surface area contributed by atoms with E-state index in [0.29, 0.717) is 5.56 Å². The zero-order chi connectivity index (χ0) is 5.82. The molecule has 1 rings (SSSR count). The van der Waals surface area contributed by atoms with Gasteiger partial charge in [-0.3, -0.25) is 0 Å². The summed E-state index contributed by atoms with van der Waals surface area (Å²) in [6, 6.07) is 1.46. The van der Waals surface area contributed by atoms with E-state index in [4.69, 9.17) is 0 Å². The normalized spacial score (nSPS) is 7.62. The first-order chi connectivity index (χ1) is 3.93. The van der Waals surface area contributed by atoms with Gasteiger partial charge in [-0.15, -0.1) is 4.39 Å². The first-order valence-electron chi connectivity index (χ1n) is 1.99. The molecule has 0 aliphatic heterocycles. The van der Waals surface area contributed by atoms with Crippen molar-refractivity contribution in [2.45, 2.75) is 0 Å². The molecule has 1 aromatic heterocycles. The quantitative estimate of drug-likeness (QED) is 0.458. The van der Waals surface area contributed by atoms with Gasteiger partial charge >= 0.3 is 0 Å². The second-order valence-corrected chi connectivity index (χ2v) is 1.17. The van der Waals surface area contributed by atoms with E-state index in [0.717, 1.165) is 0 Å². The van der Waals surface area contributed by atoms with E-state index in [2.05, 4.69) is 16.6 Å². The molecule has 0 aliphatic rings. The maximum absolute atomic E-state index is 11.1. The standard InChI is InChI=1S/C6H2FO/c7-3-1-6-2-4-8-5-6/h2,5H. The van der Waals surface area contributed by atoms with Crippen molar-refractivity contribution < 1.29 is 8.81 Å². The second kappa shape index (κ2) is 2.17. The summed E-state index contributed by atoms with van der Waals surface area (Å²) in [6.45, 7) is 0. The molecule has 0 amide bonds. The summed E-state index contributed by atoms with van der Waals surface area (Å²) >= 11 is 0. The first kappa shape index (κ1) is 4.92. The Morgan fingerprint density at radius 2 is 2.62 bits per heavy atom. The fourth-order valence-corrected chi connectivity index (χ4v) is 0.349. The van der Waals surface area contributed by atoms with Crippen LogP contribution in [0, 0.1) is 18.4 Å². The van der Waals surface area contributed by atoms with Gasteiger partial charge in [-0.2, -0.15) is 0 Å². The molecule has 0 aromatic carbocycles. The second-order valence-electron chi connectivity index (χ2n) is 1.17. The van der Waals surface area contributed by atoms with Crippen LogP contribution in [0.15, 0.2) is 16.7 Å². The molecule has 1 aromatic rings. The number of hydrogen-bond donors (Lipinski definition) is 0. The number of halogens is 1. The lowest BCUT2D eigenvalue weighted by atomic mass is 10.4. The lowest BCUT2D eigenvalue weighted by molar-refractivity contribution is 0.557. The molecule has 1 radical (unpaired) electrons. The number of hydrogen-bond acceptors (Lipinski definition) is 1. The van der Waals surface area contributed by atoms with E-state index < -0.39 is 0 Å². The van der Waals surface area contributed by atoms with Crippen LogP contribution in [0.25, 0.3) is 0 Å². The lowest BCUT2D eigenvalue weighted by Crippen LogP contribution is -1.57. The third kappa shape index (κ3) is 0.881. The fourth-order valence-electron chi connectivity index (χ4n) is 0.349. The zero-order valence-electron chi connectivity index (χ0n) is 3.94. The van der Waals surface area contributed by atoms with E-state index in [9.17, 15) is 4.39 Å². The van der Waals surface area contributed by atoms with Gasteiger partial charge in [0.2, 0.25) is 0 Å². The molecule has 0 N–H and O–H groups in total. The minimum absolute atomic E-state index is 0.507. The van der Waals surface area contributed by atoms with Gasteiger partial charge in [-0.05, 0) is 5.92 Å². The highest BCUT2D eigenvalue weighted by Gasteiger charge is 1.83. The van der Waals surface area contributed by atoms with Crippen molar-refractivity contribution in [3.8, 4) is 12.1 Å². The number of furan rings is 1. The maximum atomic E-state index is 11.1. The van der Waals surface area contributed by atoms with Crippen LogP contribution in [0.2, 0.25) is 0 Å². The number of rotatable bonds is 0. The van der Waals surface area contributed by atoms with Gasteiger partial charge in [0.25, 0.3) is 0 Å². The smallest absolute Gasteiger partial charge is 0.170 e. The van der Waals surface area contributed by atoms with Crippen molar-refractivity contribution in [3.63, 3.8) is 0 Å². The third-order valence-electron chi connectivity index (χ3n) is 0.660. The highest BCUT2D eigenvalue weighted by molar-refractivity contribution is 5.27. The molecule has 0 saturated heterocycles. The summed E-state index contributed by atoms with van der Waals surface area (Å²) in [4.78, 5) is 0. The van der Waals surface area contributed by atoms with E-state index in [1.807, 2.05) is 0 Å². The molecule has 0 fully saturated rings. The Morgan fingerprint density at radius 1 is 1.75 bits per heavy atom. The average molecular weight is 109 g/mol. The predicted molar refractivity (Wildman–Crippen MR) is 25.5 cm³/mol. The zero-order valence-corrected chi connectivity index (χ0v) is 3.94. The topological polar surface area (TPSA) is 13.1 Å². The SMILES string of the molecule is FC#Cc1c[c]oc1. The van der Waals surface area contributed by atoms with Crippen molar-refractivity contribution in [3.05, 3.63) is 24.2 Å². The van der Waals surface area contributed by atoms with Gasteiger partial charge in [-0.25, -0.2) is 0 Å². The van der Waals surface area contributed by atoms with Crippen LogP contribution in [0.5, 0.6) is 0 Å². The van der Waals surface area contributed by atoms with Crippen molar-refractivity contribution in [1.29, 1.82) is 0 Å². The highest BCUT2D eigenvalue weighted by atomic mass is 19.1. The minimum Gasteiger partial charge on any atom is -0.460 e. The van der Waals surface area contributed by atoms with Gasteiger partial charge in [0.1, 0.15) is 12.4 Å². The largest absolute Gasteiger partial charge is 0.460 e. The third-order valence-corrected chi connectivity index (χ3v) is 0.660. The highest BCUT2D eigenvalue weighted by Crippen LogP contribution is 1.94. The molecule has 1 heterocycles. The molecular formula is C6H2FO. The Kier molecular flexibility index (Phi) is 1.34. The molecule has 0 atom stereocenters. The van der Waals surface area contributed by atoms with Crippen LogP contribution in [0.1, 0.15) is 5.56 Å². The summed E-state index contributed by atoms with van der Waals surface area (Å²) < 4.78 is 15.6. The van der Waals surface area contributed by atoms with Crippen molar-refractivity contribution >= 4 is 0 Å². The Bertz CT molecular complexity index is 202. The predicted octanol–water partition coefficient (Wildman–Crippen LogP) is 1.36. The van der Waals surface area contributed by atoms with Gasteiger partial charge in [0.05, 0.1) is 5.56 Å². The van der Waals surface area contributed by atoms with Crippen LogP contribution in [0.3, 0.4) is 0 Å². The molecule has 39 valence electrons. The van der Waals surface area contributed by atoms with E-state index >= 15 is 0 Å². The summed E-state index contributed by atoms with van der Waals surface area (Å²) in [5, 5.41) is 0. The van der Waals surface area contributed by atoms with Crippen LogP contribution < -0.4 is 0 Å². The Labute approximate surface area is 46.1 Å². The molecule has 0 aliphatic carbocycles. The van der Waals surface area contributed by atoms with Crippen LogP contribution >= 0.6 is 0 Å². The molecule has 8 heavy (non-hydrogen) atoms. The summed E-state index contributed by atoms with van der Waals surface area (Å²) in [5.41, 5.74) is 0.507.